The summed E-state index contributed by atoms with van der Waals surface area (Å²) in [6.07, 6.45) is 8.37. The Morgan fingerprint density at radius 2 is 1.41 bits per heavy atom. The van der Waals surface area contributed by atoms with Crippen LogP contribution in [-0.4, -0.2) is 28.8 Å². The Bertz CT molecular complexity index is 288. The first-order valence-corrected chi connectivity index (χ1v) is 7.42. The molecule has 2 aliphatic heterocycles. The lowest BCUT2D eigenvalue weighted by molar-refractivity contribution is -0.125. The van der Waals surface area contributed by atoms with Crippen LogP contribution in [0.3, 0.4) is 0 Å². The largest absolute Gasteiger partial charge is 0.300 e. The fourth-order valence-electron chi connectivity index (χ4n) is 4.75. The van der Waals surface area contributed by atoms with Crippen molar-refractivity contribution in [3.8, 4) is 0 Å². The molecule has 17 heavy (non-hydrogen) atoms. The normalized spacial score (nSPS) is 47.4. The van der Waals surface area contributed by atoms with Crippen molar-refractivity contribution < 1.29 is 4.79 Å². The highest BCUT2D eigenvalue weighted by molar-refractivity contribution is 5.81. The molecule has 0 radical (unpaired) electrons. The Hall–Kier alpha value is -0.370. The summed E-state index contributed by atoms with van der Waals surface area (Å²) in [7, 11) is 0. The third-order valence-electron chi connectivity index (χ3n) is 5.18. The second-order valence-electron chi connectivity index (χ2n) is 6.85. The second kappa shape index (κ2) is 4.38. The molecule has 0 spiro atoms. The van der Waals surface area contributed by atoms with Crippen LogP contribution in [0.25, 0.3) is 0 Å². The number of ketones is 1. The van der Waals surface area contributed by atoms with E-state index in [4.69, 9.17) is 0 Å². The first kappa shape index (κ1) is 11.7. The molecular weight excluding hydrogens is 210 g/mol. The molecule has 0 aromatic heterocycles. The molecule has 1 aliphatic carbocycles. The number of nitrogens with zero attached hydrogens (tertiary/aromatic N) is 1. The average Bonchev–Trinajstić information content (AvgIpc) is 2.50. The van der Waals surface area contributed by atoms with Gasteiger partial charge < -0.3 is 0 Å². The number of hydrogen-bond donors (Lipinski definition) is 0. The SMILES string of the molecule is CC1CC(C)CC(N2C3CCC2CC(=O)C3)C1. The number of fused-ring (bicyclic) bond motifs is 2. The topological polar surface area (TPSA) is 20.3 Å². The minimum atomic E-state index is 0.519. The zero-order valence-corrected chi connectivity index (χ0v) is 11.2. The van der Waals surface area contributed by atoms with Crippen LogP contribution in [0.15, 0.2) is 0 Å². The molecule has 4 unspecified atom stereocenters. The highest BCUT2D eigenvalue weighted by Crippen LogP contribution is 2.41. The second-order valence-corrected chi connectivity index (χ2v) is 6.85. The van der Waals surface area contributed by atoms with Crippen molar-refractivity contribution in [2.75, 3.05) is 0 Å². The molecule has 1 saturated carbocycles. The maximum atomic E-state index is 11.7. The summed E-state index contributed by atoms with van der Waals surface area (Å²) in [5.74, 6) is 2.27. The van der Waals surface area contributed by atoms with E-state index in [1.807, 2.05) is 0 Å². The first-order chi connectivity index (χ1) is 8.13. The standard InChI is InChI=1S/C15H25NO/c1-10-5-11(2)7-14(6-10)16-12-3-4-13(16)9-15(17)8-12/h10-14H,3-9H2,1-2H3. The van der Waals surface area contributed by atoms with E-state index in [2.05, 4.69) is 18.7 Å². The predicted octanol–water partition coefficient (Wildman–Crippen LogP) is 3.01. The quantitative estimate of drug-likeness (QED) is 0.696. The van der Waals surface area contributed by atoms with Gasteiger partial charge in [-0.1, -0.05) is 13.8 Å². The molecular formula is C15H25NO. The van der Waals surface area contributed by atoms with Crippen LogP contribution < -0.4 is 0 Å². The number of carbonyl (C=O) groups excluding carboxylic acids is 1. The molecule has 3 fully saturated rings. The zero-order chi connectivity index (χ0) is 12.0. The maximum absolute atomic E-state index is 11.7. The average molecular weight is 235 g/mol. The molecule has 3 aliphatic rings. The number of hydrogen-bond acceptors (Lipinski definition) is 2. The fraction of sp³-hybridized carbons (Fsp3) is 0.933. The van der Waals surface area contributed by atoms with E-state index in [0.29, 0.717) is 17.9 Å². The highest BCUT2D eigenvalue weighted by atomic mass is 16.1. The van der Waals surface area contributed by atoms with E-state index in [-0.39, 0.29) is 0 Å². The molecule has 2 bridgehead atoms. The summed E-state index contributed by atoms with van der Waals surface area (Å²) in [6, 6.07) is 1.98. The van der Waals surface area contributed by atoms with E-state index in [1.165, 1.54) is 32.1 Å². The Kier molecular flexibility index (Phi) is 3.02. The Morgan fingerprint density at radius 1 is 0.882 bits per heavy atom. The molecule has 2 heterocycles. The van der Waals surface area contributed by atoms with Crippen molar-refractivity contribution in [1.29, 1.82) is 0 Å². The number of piperidine rings is 1. The van der Waals surface area contributed by atoms with Gasteiger partial charge >= 0.3 is 0 Å². The summed E-state index contributed by atoms with van der Waals surface area (Å²) >= 11 is 0. The van der Waals surface area contributed by atoms with Gasteiger partial charge in [0.1, 0.15) is 5.78 Å². The van der Waals surface area contributed by atoms with E-state index in [1.54, 1.807) is 0 Å². The van der Waals surface area contributed by atoms with Gasteiger partial charge in [0.05, 0.1) is 0 Å². The summed E-state index contributed by atoms with van der Waals surface area (Å²) < 4.78 is 0. The van der Waals surface area contributed by atoms with Gasteiger partial charge in [-0.2, -0.15) is 0 Å². The lowest BCUT2D eigenvalue weighted by Crippen LogP contribution is -2.51. The Balaban J connectivity index is 1.74. The smallest absolute Gasteiger partial charge is 0.136 e. The number of Topliss-reactive ketones (excluding diaryl/α,β-unsaturated/α-hetero) is 1. The van der Waals surface area contributed by atoms with Crippen molar-refractivity contribution >= 4 is 5.78 Å². The van der Waals surface area contributed by atoms with Gasteiger partial charge in [0.15, 0.2) is 0 Å². The third-order valence-corrected chi connectivity index (χ3v) is 5.18. The van der Waals surface area contributed by atoms with Crippen LogP contribution in [0, 0.1) is 11.8 Å². The van der Waals surface area contributed by atoms with Crippen LogP contribution in [-0.2, 0) is 4.79 Å². The molecule has 4 atom stereocenters. The lowest BCUT2D eigenvalue weighted by Gasteiger charge is -2.44. The van der Waals surface area contributed by atoms with E-state index in [0.717, 1.165) is 30.7 Å². The van der Waals surface area contributed by atoms with Gasteiger partial charge in [-0.3, -0.25) is 9.69 Å². The van der Waals surface area contributed by atoms with Gasteiger partial charge in [0, 0.05) is 31.0 Å². The Labute approximate surface area is 105 Å². The summed E-state index contributed by atoms with van der Waals surface area (Å²) in [5.41, 5.74) is 0. The fourth-order valence-corrected chi connectivity index (χ4v) is 4.75. The Morgan fingerprint density at radius 3 is 1.94 bits per heavy atom. The molecule has 3 rings (SSSR count). The minimum Gasteiger partial charge on any atom is -0.300 e. The monoisotopic (exact) mass is 235 g/mol. The van der Waals surface area contributed by atoms with E-state index < -0.39 is 0 Å². The molecule has 0 amide bonds. The van der Waals surface area contributed by atoms with E-state index in [9.17, 15) is 4.79 Å². The molecule has 2 heteroatoms. The summed E-state index contributed by atoms with van der Waals surface area (Å²) in [4.78, 5) is 14.4. The minimum absolute atomic E-state index is 0.519. The molecule has 0 N–H and O–H groups in total. The van der Waals surface area contributed by atoms with Crippen LogP contribution in [0.1, 0.15) is 58.8 Å². The van der Waals surface area contributed by atoms with Crippen LogP contribution >= 0.6 is 0 Å². The third kappa shape index (κ3) is 2.16. The van der Waals surface area contributed by atoms with Crippen molar-refractivity contribution in [2.45, 2.75) is 76.9 Å². The molecule has 0 aromatic carbocycles. The van der Waals surface area contributed by atoms with Gasteiger partial charge in [-0.05, 0) is 43.9 Å². The van der Waals surface area contributed by atoms with Gasteiger partial charge in [0.2, 0.25) is 0 Å². The highest BCUT2D eigenvalue weighted by Gasteiger charge is 2.44. The zero-order valence-electron chi connectivity index (χ0n) is 11.2. The van der Waals surface area contributed by atoms with Crippen molar-refractivity contribution in [2.24, 2.45) is 11.8 Å². The van der Waals surface area contributed by atoms with Crippen molar-refractivity contribution in [3.05, 3.63) is 0 Å². The van der Waals surface area contributed by atoms with Crippen LogP contribution in [0.4, 0.5) is 0 Å². The molecule has 2 nitrogen and oxygen atoms in total. The van der Waals surface area contributed by atoms with Crippen LogP contribution in [0.5, 0.6) is 0 Å². The van der Waals surface area contributed by atoms with E-state index >= 15 is 0 Å². The lowest BCUT2D eigenvalue weighted by atomic mass is 9.78. The van der Waals surface area contributed by atoms with Gasteiger partial charge in [-0.15, -0.1) is 0 Å². The van der Waals surface area contributed by atoms with Gasteiger partial charge in [0.25, 0.3) is 0 Å². The molecule has 2 saturated heterocycles. The van der Waals surface area contributed by atoms with Crippen molar-refractivity contribution in [1.82, 2.24) is 4.90 Å². The van der Waals surface area contributed by atoms with Gasteiger partial charge in [-0.25, -0.2) is 0 Å². The maximum Gasteiger partial charge on any atom is 0.136 e. The van der Waals surface area contributed by atoms with Crippen LogP contribution in [0.2, 0.25) is 0 Å². The first-order valence-electron chi connectivity index (χ1n) is 7.42. The number of carbonyl (C=O) groups is 1. The van der Waals surface area contributed by atoms with Crippen molar-refractivity contribution in [3.63, 3.8) is 0 Å². The summed E-state index contributed by atoms with van der Waals surface area (Å²) in [6.45, 7) is 4.80. The molecule has 0 aromatic rings. The summed E-state index contributed by atoms with van der Waals surface area (Å²) in [5, 5.41) is 0. The predicted molar refractivity (Wildman–Crippen MR) is 68.9 cm³/mol. The number of rotatable bonds is 1. The molecule has 96 valence electrons.